The normalized spacial score (nSPS) is 11.8. The number of carboxylic acids is 1. The lowest BCUT2D eigenvalue weighted by atomic mass is 10.1. The molecule has 0 atom stereocenters. The molecule has 0 rings (SSSR count). The lowest BCUT2D eigenvalue weighted by molar-refractivity contribution is -0.129. The second-order valence-electron chi connectivity index (χ2n) is 2.62. The van der Waals surface area contributed by atoms with Crippen LogP contribution in [-0.2, 0) is 9.63 Å². The first-order chi connectivity index (χ1) is 5.07. The summed E-state index contributed by atoms with van der Waals surface area (Å²) in [5.41, 5.74) is 0.0718. The van der Waals surface area contributed by atoms with Gasteiger partial charge in [-0.05, 0) is 5.92 Å². The molecule has 0 saturated heterocycles. The van der Waals surface area contributed by atoms with E-state index in [9.17, 15) is 4.79 Å². The number of carboxylic acid groups (broad SMARTS) is 1. The summed E-state index contributed by atoms with van der Waals surface area (Å²) in [5.74, 6) is -0.736. The molecule has 0 aliphatic heterocycles. The van der Waals surface area contributed by atoms with Crippen molar-refractivity contribution in [3.05, 3.63) is 0 Å². The first-order valence-electron chi connectivity index (χ1n) is 3.41. The molecule has 1 N–H and O–H groups in total. The Bertz CT molecular complexity index is 163. The van der Waals surface area contributed by atoms with Crippen molar-refractivity contribution in [3.8, 4) is 0 Å². The fourth-order valence-electron chi connectivity index (χ4n) is 0.661. The van der Waals surface area contributed by atoms with Crippen molar-refractivity contribution in [1.82, 2.24) is 0 Å². The van der Waals surface area contributed by atoms with E-state index in [4.69, 9.17) is 5.11 Å². The molecule has 0 heterocycles. The number of oxime groups is 1. The van der Waals surface area contributed by atoms with Gasteiger partial charge in [-0.3, -0.25) is 0 Å². The van der Waals surface area contributed by atoms with Crippen molar-refractivity contribution >= 4 is 11.7 Å². The SMILES string of the molecule is CON=C(CC(C)C)C(=O)O. The van der Waals surface area contributed by atoms with Gasteiger partial charge in [-0.2, -0.15) is 0 Å². The minimum absolute atomic E-state index is 0.0718. The lowest BCUT2D eigenvalue weighted by Gasteiger charge is -2.02. The van der Waals surface area contributed by atoms with Gasteiger partial charge in [0.2, 0.25) is 0 Å². The molecule has 0 bridgehead atoms. The predicted octanol–water partition coefficient (Wildman–Crippen LogP) is 1.12. The summed E-state index contributed by atoms with van der Waals surface area (Å²) in [6.07, 6.45) is 0.434. The molecule has 11 heavy (non-hydrogen) atoms. The Labute approximate surface area is 65.8 Å². The van der Waals surface area contributed by atoms with Crippen molar-refractivity contribution < 1.29 is 14.7 Å². The van der Waals surface area contributed by atoms with Crippen LogP contribution in [-0.4, -0.2) is 23.9 Å². The molecular weight excluding hydrogens is 146 g/mol. The van der Waals surface area contributed by atoms with E-state index in [1.165, 1.54) is 7.11 Å². The fraction of sp³-hybridized carbons (Fsp3) is 0.714. The molecule has 64 valence electrons. The standard InChI is InChI=1S/C7H13NO3/c1-5(2)4-6(7(9)10)8-11-3/h5H,4H2,1-3H3,(H,9,10). The van der Waals surface area contributed by atoms with Crippen LogP contribution in [0.5, 0.6) is 0 Å². The minimum Gasteiger partial charge on any atom is -0.477 e. The number of hydrogen-bond acceptors (Lipinski definition) is 3. The molecule has 0 aliphatic rings. The van der Waals surface area contributed by atoms with Crippen LogP contribution in [0.2, 0.25) is 0 Å². The van der Waals surface area contributed by atoms with E-state index in [2.05, 4.69) is 9.99 Å². The zero-order chi connectivity index (χ0) is 8.85. The zero-order valence-electron chi connectivity index (χ0n) is 7.00. The summed E-state index contributed by atoms with van der Waals surface area (Å²) < 4.78 is 0. The van der Waals surface area contributed by atoms with Gasteiger partial charge >= 0.3 is 5.97 Å². The zero-order valence-corrected chi connectivity index (χ0v) is 7.00. The van der Waals surface area contributed by atoms with Crippen molar-refractivity contribution in [2.75, 3.05) is 7.11 Å². The molecule has 0 unspecified atom stereocenters. The van der Waals surface area contributed by atoms with Crippen LogP contribution in [0.25, 0.3) is 0 Å². The number of nitrogens with zero attached hydrogens (tertiary/aromatic N) is 1. The summed E-state index contributed by atoms with van der Waals surface area (Å²) in [6.45, 7) is 3.85. The molecule has 4 nitrogen and oxygen atoms in total. The van der Waals surface area contributed by atoms with Crippen molar-refractivity contribution in [2.45, 2.75) is 20.3 Å². The lowest BCUT2D eigenvalue weighted by Crippen LogP contribution is -2.15. The molecule has 0 fully saturated rings. The van der Waals surface area contributed by atoms with Crippen molar-refractivity contribution in [1.29, 1.82) is 0 Å². The van der Waals surface area contributed by atoms with Gasteiger partial charge in [0.1, 0.15) is 7.11 Å². The number of carbonyl (C=O) groups is 1. The van der Waals surface area contributed by atoms with Crippen molar-refractivity contribution in [3.63, 3.8) is 0 Å². The highest BCUT2D eigenvalue weighted by Gasteiger charge is 2.11. The summed E-state index contributed by atoms with van der Waals surface area (Å²) >= 11 is 0. The third-order valence-corrected chi connectivity index (χ3v) is 1.05. The Morgan fingerprint density at radius 3 is 2.45 bits per heavy atom. The van der Waals surface area contributed by atoms with E-state index in [0.29, 0.717) is 6.42 Å². The molecule has 0 aromatic carbocycles. The van der Waals surface area contributed by atoms with Gasteiger partial charge in [0.05, 0.1) is 0 Å². The Morgan fingerprint density at radius 2 is 2.18 bits per heavy atom. The van der Waals surface area contributed by atoms with Crippen molar-refractivity contribution in [2.24, 2.45) is 11.1 Å². The Hall–Kier alpha value is -1.06. The van der Waals surface area contributed by atoms with Crippen LogP contribution >= 0.6 is 0 Å². The first-order valence-corrected chi connectivity index (χ1v) is 3.41. The summed E-state index contributed by atoms with van der Waals surface area (Å²) in [5, 5.41) is 11.9. The molecule has 0 aromatic rings. The van der Waals surface area contributed by atoms with E-state index >= 15 is 0 Å². The van der Waals surface area contributed by atoms with Crippen LogP contribution in [0.1, 0.15) is 20.3 Å². The van der Waals surface area contributed by atoms with Gasteiger partial charge in [-0.25, -0.2) is 4.79 Å². The first kappa shape index (κ1) is 9.94. The van der Waals surface area contributed by atoms with Crippen LogP contribution in [0.4, 0.5) is 0 Å². The molecule has 0 radical (unpaired) electrons. The smallest absolute Gasteiger partial charge is 0.353 e. The maximum atomic E-state index is 10.4. The second kappa shape index (κ2) is 4.71. The molecule has 0 amide bonds. The summed E-state index contributed by atoms with van der Waals surface area (Å²) in [7, 11) is 1.34. The number of hydrogen-bond donors (Lipinski definition) is 1. The van der Waals surface area contributed by atoms with Crippen LogP contribution < -0.4 is 0 Å². The third-order valence-electron chi connectivity index (χ3n) is 1.05. The molecule has 0 spiro atoms. The number of aliphatic carboxylic acids is 1. The summed E-state index contributed by atoms with van der Waals surface area (Å²) in [6, 6.07) is 0. The van der Waals surface area contributed by atoms with Gasteiger partial charge < -0.3 is 9.94 Å². The highest BCUT2D eigenvalue weighted by molar-refractivity contribution is 6.35. The van der Waals surface area contributed by atoms with E-state index in [1.807, 2.05) is 13.8 Å². The van der Waals surface area contributed by atoms with E-state index in [0.717, 1.165) is 0 Å². The maximum absolute atomic E-state index is 10.4. The van der Waals surface area contributed by atoms with Gasteiger partial charge in [0, 0.05) is 6.42 Å². The fourth-order valence-corrected chi connectivity index (χ4v) is 0.661. The van der Waals surface area contributed by atoms with E-state index in [1.54, 1.807) is 0 Å². The average molecular weight is 159 g/mol. The van der Waals surface area contributed by atoms with Crippen LogP contribution in [0, 0.1) is 5.92 Å². The molecule has 0 aromatic heterocycles. The van der Waals surface area contributed by atoms with Crippen LogP contribution in [0.3, 0.4) is 0 Å². The second-order valence-corrected chi connectivity index (χ2v) is 2.62. The Morgan fingerprint density at radius 1 is 1.64 bits per heavy atom. The van der Waals surface area contributed by atoms with Gasteiger partial charge in [-0.1, -0.05) is 19.0 Å². The predicted molar refractivity (Wildman–Crippen MR) is 41.5 cm³/mol. The third kappa shape index (κ3) is 4.36. The molecular formula is C7H13NO3. The molecule has 0 aliphatic carbocycles. The van der Waals surface area contributed by atoms with Gasteiger partial charge in [-0.15, -0.1) is 0 Å². The van der Waals surface area contributed by atoms with Crippen LogP contribution in [0.15, 0.2) is 5.16 Å². The minimum atomic E-state index is -1.01. The maximum Gasteiger partial charge on any atom is 0.353 e. The van der Waals surface area contributed by atoms with E-state index in [-0.39, 0.29) is 11.6 Å². The summed E-state index contributed by atoms with van der Waals surface area (Å²) in [4.78, 5) is 14.8. The number of rotatable bonds is 4. The average Bonchev–Trinajstić information content (AvgIpc) is 1.86. The monoisotopic (exact) mass is 159 g/mol. The molecule has 0 saturated carbocycles. The van der Waals surface area contributed by atoms with E-state index < -0.39 is 5.97 Å². The quantitative estimate of drug-likeness (QED) is 0.494. The largest absolute Gasteiger partial charge is 0.477 e. The highest BCUT2D eigenvalue weighted by Crippen LogP contribution is 2.01. The van der Waals surface area contributed by atoms with Gasteiger partial charge in [0.15, 0.2) is 5.71 Å². The topological polar surface area (TPSA) is 58.9 Å². The highest BCUT2D eigenvalue weighted by atomic mass is 16.6. The Balaban J connectivity index is 4.12. The molecule has 4 heteroatoms. The Kier molecular flexibility index (Phi) is 4.26. The van der Waals surface area contributed by atoms with Gasteiger partial charge in [0.25, 0.3) is 0 Å².